The van der Waals surface area contributed by atoms with Crippen molar-refractivity contribution in [1.82, 2.24) is 0 Å². The summed E-state index contributed by atoms with van der Waals surface area (Å²) in [5.41, 5.74) is 3.34. The minimum atomic E-state index is -1.56. The molecule has 36 heavy (non-hydrogen) atoms. The van der Waals surface area contributed by atoms with Gasteiger partial charge in [-0.2, -0.15) is 0 Å². The number of carbonyl (C=O) groups is 1. The molecule has 3 aromatic carbocycles. The second-order valence-electron chi connectivity index (χ2n) is 9.13. The SMILES string of the molecule is COC(=O)[C@@](OCc1ccccc1)(c1occ2c1CCCC2)[C@H](Nc1ccccc1)c1ccccc1. The Bertz CT molecular complexity index is 1270. The van der Waals surface area contributed by atoms with Crippen LogP contribution in [-0.2, 0) is 39.3 Å². The molecule has 0 aliphatic heterocycles. The van der Waals surface area contributed by atoms with E-state index in [0.29, 0.717) is 5.76 Å². The number of anilines is 1. The van der Waals surface area contributed by atoms with Crippen LogP contribution in [0, 0.1) is 0 Å². The summed E-state index contributed by atoms with van der Waals surface area (Å²) in [7, 11) is 1.41. The summed E-state index contributed by atoms with van der Waals surface area (Å²) in [5.74, 6) is 0.0238. The van der Waals surface area contributed by atoms with Crippen molar-refractivity contribution in [2.45, 2.75) is 43.9 Å². The zero-order valence-electron chi connectivity index (χ0n) is 20.5. The van der Waals surface area contributed by atoms with Crippen LogP contribution in [-0.4, -0.2) is 13.1 Å². The van der Waals surface area contributed by atoms with E-state index in [0.717, 1.165) is 53.6 Å². The Hall–Kier alpha value is -3.83. The van der Waals surface area contributed by atoms with Gasteiger partial charge in [-0.05, 0) is 54.5 Å². The maximum Gasteiger partial charge on any atom is 0.348 e. The topological polar surface area (TPSA) is 60.7 Å². The molecular formula is C31H31NO4. The van der Waals surface area contributed by atoms with Crippen molar-refractivity contribution in [3.8, 4) is 0 Å². The fourth-order valence-electron chi connectivity index (χ4n) is 5.07. The molecule has 1 aliphatic carbocycles. The van der Waals surface area contributed by atoms with Crippen LogP contribution in [0.4, 0.5) is 5.69 Å². The molecule has 0 amide bonds. The smallest absolute Gasteiger partial charge is 0.348 e. The lowest BCUT2D eigenvalue weighted by atomic mass is 9.81. The van der Waals surface area contributed by atoms with Crippen molar-refractivity contribution >= 4 is 11.7 Å². The van der Waals surface area contributed by atoms with Crippen LogP contribution in [0.3, 0.4) is 0 Å². The van der Waals surface area contributed by atoms with E-state index in [-0.39, 0.29) is 6.61 Å². The minimum absolute atomic E-state index is 0.214. The molecule has 0 radical (unpaired) electrons. The first kappa shape index (κ1) is 23.9. The number of fused-ring (bicyclic) bond motifs is 1. The summed E-state index contributed by atoms with van der Waals surface area (Å²) >= 11 is 0. The molecule has 5 nitrogen and oxygen atoms in total. The predicted octanol–water partition coefficient (Wildman–Crippen LogP) is 6.60. The van der Waals surface area contributed by atoms with Gasteiger partial charge in [-0.15, -0.1) is 0 Å². The average molecular weight is 482 g/mol. The van der Waals surface area contributed by atoms with Crippen molar-refractivity contribution in [3.05, 3.63) is 125 Å². The van der Waals surface area contributed by atoms with Crippen molar-refractivity contribution in [1.29, 1.82) is 0 Å². The highest BCUT2D eigenvalue weighted by Gasteiger charge is 2.55. The number of furan rings is 1. The van der Waals surface area contributed by atoms with E-state index in [1.165, 1.54) is 7.11 Å². The van der Waals surface area contributed by atoms with Gasteiger partial charge in [-0.3, -0.25) is 0 Å². The summed E-state index contributed by atoms with van der Waals surface area (Å²) in [5, 5.41) is 3.60. The predicted molar refractivity (Wildman–Crippen MR) is 140 cm³/mol. The molecule has 0 saturated carbocycles. The van der Waals surface area contributed by atoms with Gasteiger partial charge in [0.1, 0.15) is 0 Å². The molecule has 1 aromatic heterocycles. The Kier molecular flexibility index (Phi) is 7.19. The summed E-state index contributed by atoms with van der Waals surface area (Å²) in [6, 6.07) is 29.0. The Morgan fingerprint density at radius 1 is 0.917 bits per heavy atom. The largest absolute Gasteiger partial charge is 0.466 e. The van der Waals surface area contributed by atoms with Crippen LogP contribution in [0.2, 0.25) is 0 Å². The summed E-state index contributed by atoms with van der Waals surface area (Å²) in [6.07, 6.45) is 5.69. The fourth-order valence-corrected chi connectivity index (χ4v) is 5.07. The second-order valence-corrected chi connectivity index (χ2v) is 9.13. The number of benzene rings is 3. The molecule has 0 saturated heterocycles. The fraction of sp³-hybridized carbons (Fsp3) is 0.258. The first-order valence-corrected chi connectivity index (χ1v) is 12.4. The first-order valence-electron chi connectivity index (χ1n) is 12.4. The third-order valence-corrected chi connectivity index (χ3v) is 6.86. The van der Waals surface area contributed by atoms with Crippen LogP contribution in [0.1, 0.15) is 46.9 Å². The molecule has 2 atom stereocenters. The molecular weight excluding hydrogens is 450 g/mol. The van der Waals surface area contributed by atoms with E-state index in [1.807, 2.05) is 91.0 Å². The van der Waals surface area contributed by atoms with Gasteiger partial charge < -0.3 is 19.2 Å². The standard InChI is InChI=1S/C31H31NO4/c1-34-30(33)31(36-21-23-13-5-2-6-14-23,29-27-20-12-11-17-25(27)22-35-29)28(24-15-7-3-8-16-24)32-26-18-9-4-10-19-26/h2-10,13-16,18-19,22,28,32H,11-12,17,20-21H2,1H3/t28-,31+/m1/s1. The normalized spacial score (nSPS) is 15.4. The number of para-hydroxylation sites is 1. The van der Waals surface area contributed by atoms with E-state index >= 15 is 0 Å². The Balaban J connectivity index is 1.71. The van der Waals surface area contributed by atoms with E-state index in [1.54, 1.807) is 6.26 Å². The van der Waals surface area contributed by atoms with E-state index < -0.39 is 17.6 Å². The number of esters is 1. The van der Waals surface area contributed by atoms with Gasteiger partial charge in [0.2, 0.25) is 5.60 Å². The molecule has 5 heteroatoms. The number of aryl methyl sites for hydroxylation is 1. The van der Waals surface area contributed by atoms with Crippen molar-refractivity contribution < 1.29 is 18.7 Å². The monoisotopic (exact) mass is 481 g/mol. The molecule has 0 spiro atoms. The van der Waals surface area contributed by atoms with Crippen LogP contribution in [0.5, 0.6) is 0 Å². The molecule has 0 bridgehead atoms. The van der Waals surface area contributed by atoms with Crippen LogP contribution in [0.15, 0.2) is 102 Å². The molecule has 1 N–H and O–H groups in total. The van der Waals surface area contributed by atoms with Gasteiger partial charge in [0.25, 0.3) is 0 Å². The minimum Gasteiger partial charge on any atom is -0.466 e. The highest BCUT2D eigenvalue weighted by molar-refractivity contribution is 5.83. The molecule has 0 unspecified atom stereocenters. The Morgan fingerprint density at radius 3 is 2.25 bits per heavy atom. The summed E-state index contributed by atoms with van der Waals surface area (Å²) in [4.78, 5) is 14.0. The lowest BCUT2D eigenvalue weighted by molar-refractivity contribution is -0.180. The van der Waals surface area contributed by atoms with E-state index in [4.69, 9.17) is 13.9 Å². The van der Waals surface area contributed by atoms with Gasteiger partial charge >= 0.3 is 5.97 Å². The van der Waals surface area contributed by atoms with Crippen molar-refractivity contribution in [2.75, 3.05) is 12.4 Å². The third kappa shape index (κ3) is 4.67. The zero-order valence-corrected chi connectivity index (χ0v) is 20.5. The maximum absolute atomic E-state index is 14.0. The molecule has 5 rings (SSSR count). The Morgan fingerprint density at radius 2 is 1.56 bits per heavy atom. The Labute approximate surface area is 212 Å². The number of rotatable bonds is 9. The van der Waals surface area contributed by atoms with E-state index in [9.17, 15) is 4.79 Å². The number of nitrogens with one attached hydrogen (secondary N) is 1. The van der Waals surface area contributed by atoms with Gasteiger partial charge in [0.05, 0.1) is 26.0 Å². The number of hydrogen-bond acceptors (Lipinski definition) is 5. The van der Waals surface area contributed by atoms with Crippen LogP contribution < -0.4 is 5.32 Å². The second kappa shape index (κ2) is 10.8. The summed E-state index contributed by atoms with van der Waals surface area (Å²) < 4.78 is 18.5. The van der Waals surface area contributed by atoms with Crippen molar-refractivity contribution in [2.24, 2.45) is 0 Å². The molecule has 184 valence electrons. The highest BCUT2D eigenvalue weighted by atomic mass is 16.6. The van der Waals surface area contributed by atoms with Crippen molar-refractivity contribution in [3.63, 3.8) is 0 Å². The van der Waals surface area contributed by atoms with Crippen LogP contribution in [0.25, 0.3) is 0 Å². The first-order chi connectivity index (χ1) is 17.7. The molecule has 1 heterocycles. The zero-order chi connectivity index (χ0) is 24.8. The molecule has 1 aliphatic rings. The average Bonchev–Trinajstić information content (AvgIpc) is 3.39. The highest BCUT2D eigenvalue weighted by Crippen LogP contribution is 2.46. The van der Waals surface area contributed by atoms with Gasteiger partial charge in [-0.25, -0.2) is 4.79 Å². The van der Waals surface area contributed by atoms with Gasteiger partial charge in [0.15, 0.2) is 5.76 Å². The maximum atomic E-state index is 14.0. The number of ether oxygens (including phenoxy) is 2. The van der Waals surface area contributed by atoms with Gasteiger partial charge in [-0.1, -0.05) is 78.9 Å². The number of hydrogen-bond donors (Lipinski definition) is 1. The van der Waals surface area contributed by atoms with Crippen LogP contribution >= 0.6 is 0 Å². The number of carbonyl (C=O) groups excluding carboxylic acids is 1. The lowest BCUT2D eigenvalue weighted by Gasteiger charge is -2.38. The number of methoxy groups -OCH3 is 1. The lowest BCUT2D eigenvalue weighted by Crippen LogP contribution is -2.48. The van der Waals surface area contributed by atoms with E-state index in [2.05, 4.69) is 5.32 Å². The molecule has 4 aromatic rings. The third-order valence-electron chi connectivity index (χ3n) is 6.86. The van der Waals surface area contributed by atoms with Gasteiger partial charge in [0, 0.05) is 11.3 Å². The molecule has 0 fully saturated rings. The summed E-state index contributed by atoms with van der Waals surface area (Å²) in [6.45, 7) is 0.214. The quantitative estimate of drug-likeness (QED) is 0.273.